The lowest BCUT2D eigenvalue weighted by molar-refractivity contribution is -0.192. The largest absolute Gasteiger partial charge is 0.388 e. The molecule has 0 aromatic carbocycles. The molecular formula is C18H32O. The zero-order valence-electron chi connectivity index (χ0n) is 13.5. The first kappa shape index (κ1) is 13.9. The van der Waals surface area contributed by atoms with Crippen LogP contribution in [0.15, 0.2) is 0 Å². The highest BCUT2D eigenvalue weighted by Crippen LogP contribution is 2.71. The van der Waals surface area contributed by atoms with Crippen LogP contribution < -0.4 is 0 Å². The van der Waals surface area contributed by atoms with Crippen LogP contribution in [0.5, 0.6) is 0 Å². The molecule has 0 aliphatic heterocycles. The zero-order chi connectivity index (χ0) is 14.1. The molecule has 6 atom stereocenters. The lowest BCUT2D eigenvalue weighted by Gasteiger charge is -2.57. The van der Waals surface area contributed by atoms with Gasteiger partial charge in [-0.15, -0.1) is 0 Å². The predicted molar refractivity (Wildman–Crippen MR) is 79.8 cm³/mol. The van der Waals surface area contributed by atoms with Crippen LogP contribution in [0, 0.1) is 34.5 Å². The van der Waals surface area contributed by atoms with E-state index in [-0.39, 0.29) is 10.8 Å². The summed E-state index contributed by atoms with van der Waals surface area (Å²) >= 11 is 0. The van der Waals surface area contributed by atoms with Gasteiger partial charge in [-0.3, -0.25) is 0 Å². The monoisotopic (exact) mass is 264 g/mol. The third kappa shape index (κ3) is 1.57. The Labute approximate surface area is 119 Å². The molecule has 3 fully saturated rings. The summed E-state index contributed by atoms with van der Waals surface area (Å²) in [6.45, 7) is 11.9. The summed E-state index contributed by atoms with van der Waals surface area (Å²) in [6.07, 6.45) is 7.64. The van der Waals surface area contributed by atoms with Crippen molar-refractivity contribution in [2.24, 2.45) is 34.5 Å². The average Bonchev–Trinajstić information content (AvgIpc) is 2.80. The van der Waals surface area contributed by atoms with Crippen LogP contribution in [-0.4, -0.2) is 10.7 Å². The lowest BCUT2D eigenvalue weighted by atomic mass is 9.52. The molecule has 2 bridgehead atoms. The van der Waals surface area contributed by atoms with Gasteiger partial charge in [0.1, 0.15) is 0 Å². The smallest absolute Gasteiger partial charge is 0.0782 e. The van der Waals surface area contributed by atoms with Gasteiger partial charge in [-0.05, 0) is 66.6 Å². The Hall–Kier alpha value is -0.0400. The van der Waals surface area contributed by atoms with Crippen molar-refractivity contribution in [3.8, 4) is 0 Å². The van der Waals surface area contributed by atoms with Gasteiger partial charge in [-0.25, -0.2) is 0 Å². The van der Waals surface area contributed by atoms with Crippen LogP contribution in [0.1, 0.15) is 73.1 Å². The molecule has 3 aliphatic rings. The van der Waals surface area contributed by atoms with E-state index in [0.29, 0.717) is 5.92 Å². The second kappa shape index (κ2) is 4.00. The maximum absolute atomic E-state index is 11.8. The fraction of sp³-hybridized carbons (Fsp3) is 1.00. The van der Waals surface area contributed by atoms with Crippen molar-refractivity contribution in [3.05, 3.63) is 0 Å². The maximum atomic E-state index is 11.8. The second-order valence-electron chi connectivity index (χ2n) is 8.95. The molecule has 1 N–H and O–H groups in total. The topological polar surface area (TPSA) is 20.2 Å². The number of hydrogen-bond acceptors (Lipinski definition) is 1. The van der Waals surface area contributed by atoms with Gasteiger partial charge in [-0.1, -0.05) is 41.0 Å². The van der Waals surface area contributed by atoms with Crippen molar-refractivity contribution < 1.29 is 5.11 Å². The summed E-state index contributed by atoms with van der Waals surface area (Å²) in [4.78, 5) is 0. The van der Waals surface area contributed by atoms with Crippen molar-refractivity contribution in [1.29, 1.82) is 0 Å². The van der Waals surface area contributed by atoms with Crippen LogP contribution in [0.2, 0.25) is 0 Å². The summed E-state index contributed by atoms with van der Waals surface area (Å²) in [5, 5.41) is 11.8. The molecule has 19 heavy (non-hydrogen) atoms. The molecule has 6 unspecified atom stereocenters. The Morgan fingerprint density at radius 1 is 0.895 bits per heavy atom. The molecule has 0 aromatic heterocycles. The Morgan fingerprint density at radius 2 is 1.58 bits per heavy atom. The lowest BCUT2D eigenvalue weighted by Crippen LogP contribution is -2.59. The Balaban J connectivity index is 1.94. The van der Waals surface area contributed by atoms with Crippen molar-refractivity contribution in [1.82, 2.24) is 0 Å². The third-order valence-electron chi connectivity index (χ3n) is 7.85. The quantitative estimate of drug-likeness (QED) is 0.731. The van der Waals surface area contributed by atoms with E-state index < -0.39 is 5.60 Å². The van der Waals surface area contributed by atoms with Gasteiger partial charge in [0.15, 0.2) is 0 Å². The Bertz CT molecular complexity index is 367. The van der Waals surface area contributed by atoms with E-state index in [1.165, 1.54) is 38.5 Å². The van der Waals surface area contributed by atoms with Crippen LogP contribution in [0.3, 0.4) is 0 Å². The van der Waals surface area contributed by atoms with Gasteiger partial charge in [-0.2, -0.15) is 0 Å². The molecule has 3 saturated carbocycles. The summed E-state index contributed by atoms with van der Waals surface area (Å²) in [7, 11) is 0. The second-order valence-corrected chi connectivity index (χ2v) is 8.95. The highest BCUT2D eigenvalue weighted by atomic mass is 16.3. The van der Waals surface area contributed by atoms with Gasteiger partial charge in [0.25, 0.3) is 0 Å². The van der Waals surface area contributed by atoms with Gasteiger partial charge in [0.2, 0.25) is 0 Å². The van der Waals surface area contributed by atoms with Gasteiger partial charge in [0.05, 0.1) is 5.60 Å². The minimum atomic E-state index is -0.419. The highest BCUT2D eigenvalue weighted by molar-refractivity contribution is 5.20. The molecule has 1 heteroatoms. The van der Waals surface area contributed by atoms with Crippen molar-refractivity contribution in [2.75, 3.05) is 0 Å². The molecule has 3 aliphatic carbocycles. The number of aliphatic hydroxyl groups is 1. The minimum Gasteiger partial charge on any atom is -0.388 e. The average molecular weight is 264 g/mol. The first-order valence-corrected chi connectivity index (χ1v) is 8.45. The van der Waals surface area contributed by atoms with E-state index in [9.17, 15) is 5.11 Å². The van der Waals surface area contributed by atoms with E-state index in [0.717, 1.165) is 17.8 Å². The molecule has 0 aromatic rings. The summed E-state index contributed by atoms with van der Waals surface area (Å²) < 4.78 is 0. The van der Waals surface area contributed by atoms with E-state index in [1.807, 2.05) is 0 Å². The molecular weight excluding hydrogens is 232 g/mol. The molecule has 110 valence electrons. The minimum absolute atomic E-state index is 0.116. The maximum Gasteiger partial charge on any atom is 0.0782 e. The third-order valence-corrected chi connectivity index (χ3v) is 7.85. The normalized spacial score (nSPS) is 56.5. The fourth-order valence-corrected chi connectivity index (χ4v) is 6.24. The summed E-state index contributed by atoms with van der Waals surface area (Å²) in [5.74, 6) is 2.90. The molecule has 1 nitrogen and oxygen atoms in total. The standard InChI is InChI=1S/C18H32O/c1-12-6-7-14(10-13(12)2)18(19)16(3,4)15-8-9-17(18,5)11-15/h12-15,19H,6-11H2,1-5H3. The highest BCUT2D eigenvalue weighted by Gasteiger charge is 2.70. The molecule has 0 spiro atoms. The SMILES string of the molecule is CC1CCC(C2(O)C3(C)CCC(C3)C2(C)C)CC1C. The van der Waals surface area contributed by atoms with Crippen LogP contribution in [0.4, 0.5) is 0 Å². The molecule has 0 heterocycles. The van der Waals surface area contributed by atoms with E-state index in [1.54, 1.807) is 0 Å². The van der Waals surface area contributed by atoms with Crippen LogP contribution >= 0.6 is 0 Å². The Kier molecular flexibility index (Phi) is 2.93. The van der Waals surface area contributed by atoms with Gasteiger partial charge < -0.3 is 5.11 Å². The van der Waals surface area contributed by atoms with Crippen molar-refractivity contribution in [3.63, 3.8) is 0 Å². The number of rotatable bonds is 1. The molecule has 0 saturated heterocycles. The van der Waals surface area contributed by atoms with E-state index in [2.05, 4.69) is 34.6 Å². The fourth-order valence-electron chi connectivity index (χ4n) is 6.24. The van der Waals surface area contributed by atoms with Crippen LogP contribution in [0.25, 0.3) is 0 Å². The van der Waals surface area contributed by atoms with E-state index in [4.69, 9.17) is 0 Å². The van der Waals surface area contributed by atoms with E-state index >= 15 is 0 Å². The van der Waals surface area contributed by atoms with Crippen molar-refractivity contribution in [2.45, 2.75) is 78.7 Å². The first-order chi connectivity index (χ1) is 8.72. The molecule has 0 radical (unpaired) electrons. The van der Waals surface area contributed by atoms with Crippen molar-refractivity contribution >= 4 is 0 Å². The number of fused-ring (bicyclic) bond motifs is 2. The van der Waals surface area contributed by atoms with Gasteiger partial charge >= 0.3 is 0 Å². The molecule has 3 rings (SSSR count). The molecule has 0 amide bonds. The van der Waals surface area contributed by atoms with Gasteiger partial charge in [0, 0.05) is 0 Å². The summed E-state index contributed by atoms with van der Waals surface area (Å²) in [5.41, 5.74) is -0.117. The zero-order valence-corrected chi connectivity index (χ0v) is 13.5. The predicted octanol–water partition coefficient (Wildman–Crippen LogP) is 4.64. The number of hydrogen-bond donors (Lipinski definition) is 1. The summed E-state index contributed by atoms with van der Waals surface area (Å²) in [6, 6.07) is 0. The first-order valence-electron chi connectivity index (χ1n) is 8.45. The van der Waals surface area contributed by atoms with Crippen LogP contribution in [-0.2, 0) is 0 Å². The Morgan fingerprint density at radius 3 is 2.11 bits per heavy atom.